The SMILES string of the molecule is O=C(O)CCCCCO.[K]. The van der Waals surface area contributed by atoms with Crippen molar-refractivity contribution in [2.24, 2.45) is 0 Å². The fraction of sp³-hybridized carbons (Fsp3) is 0.833. The maximum Gasteiger partial charge on any atom is 0.303 e. The summed E-state index contributed by atoms with van der Waals surface area (Å²) in [4.78, 5) is 9.90. The second kappa shape index (κ2) is 10.1. The molecule has 0 aliphatic carbocycles. The van der Waals surface area contributed by atoms with Gasteiger partial charge in [-0.1, -0.05) is 6.42 Å². The molecule has 0 fully saturated rings. The summed E-state index contributed by atoms with van der Waals surface area (Å²) in [5, 5.41) is 16.4. The zero-order valence-corrected chi connectivity index (χ0v) is 9.46. The van der Waals surface area contributed by atoms with Crippen molar-refractivity contribution in [3.63, 3.8) is 0 Å². The van der Waals surface area contributed by atoms with Gasteiger partial charge in [0.2, 0.25) is 0 Å². The first-order valence-electron chi connectivity index (χ1n) is 3.10. The van der Waals surface area contributed by atoms with E-state index in [0.29, 0.717) is 12.8 Å². The van der Waals surface area contributed by atoms with Gasteiger partial charge in [-0.15, -0.1) is 0 Å². The Kier molecular flexibility index (Phi) is 13.7. The molecule has 0 aromatic rings. The van der Waals surface area contributed by atoms with Gasteiger partial charge in [0.1, 0.15) is 0 Å². The number of hydrogen-bond acceptors (Lipinski definition) is 2. The van der Waals surface area contributed by atoms with Crippen molar-refractivity contribution < 1.29 is 15.0 Å². The standard InChI is InChI=1S/C6H12O3.K/c7-5-3-1-2-4-6(8)9;/h7H,1-5H2,(H,8,9);. The van der Waals surface area contributed by atoms with Gasteiger partial charge >= 0.3 is 5.97 Å². The third-order valence-corrected chi connectivity index (χ3v) is 1.05. The third kappa shape index (κ3) is 11.8. The molecule has 1 radical (unpaired) electrons. The van der Waals surface area contributed by atoms with E-state index in [4.69, 9.17) is 10.2 Å². The number of aliphatic hydroxyl groups excluding tert-OH is 1. The summed E-state index contributed by atoms with van der Waals surface area (Å²) < 4.78 is 0. The molecule has 0 aliphatic rings. The van der Waals surface area contributed by atoms with Crippen molar-refractivity contribution in [3.8, 4) is 0 Å². The quantitative estimate of drug-likeness (QED) is 0.460. The molecular formula is C6H12KO3. The molecule has 0 amide bonds. The summed E-state index contributed by atoms with van der Waals surface area (Å²) in [5.41, 5.74) is 0. The van der Waals surface area contributed by atoms with Crippen LogP contribution in [0.3, 0.4) is 0 Å². The molecule has 10 heavy (non-hydrogen) atoms. The maximum absolute atomic E-state index is 9.90. The largest absolute Gasteiger partial charge is 0.481 e. The van der Waals surface area contributed by atoms with E-state index in [9.17, 15) is 4.79 Å². The fourth-order valence-electron chi connectivity index (χ4n) is 0.565. The molecule has 0 bridgehead atoms. The number of rotatable bonds is 5. The molecule has 0 unspecified atom stereocenters. The third-order valence-electron chi connectivity index (χ3n) is 1.05. The van der Waals surface area contributed by atoms with Crippen LogP contribution in [0.5, 0.6) is 0 Å². The molecule has 0 aromatic carbocycles. The number of aliphatic hydroxyl groups is 1. The zero-order chi connectivity index (χ0) is 7.11. The van der Waals surface area contributed by atoms with Crippen molar-refractivity contribution in [2.45, 2.75) is 25.7 Å². The number of carbonyl (C=O) groups is 1. The normalized spacial score (nSPS) is 8.50. The Hall–Kier alpha value is 1.07. The van der Waals surface area contributed by atoms with Gasteiger partial charge in [0, 0.05) is 64.4 Å². The average molecular weight is 171 g/mol. The molecule has 3 nitrogen and oxygen atoms in total. The second-order valence-corrected chi connectivity index (χ2v) is 1.93. The molecule has 4 heteroatoms. The van der Waals surface area contributed by atoms with Gasteiger partial charge in [0.05, 0.1) is 0 Å². The Balaban J connectivity index is 0. The van der Waals surface area contributed by atoms with Crippen LogP contribution in [-0.2, 0) is 4.79 Å². The van der Waals surface area contributed by atoms with Crippen LogP contribution in [-0.4, -0.2) is 74.2 Å². The van der Waals surface area contributed by atoms with E-state index in [2.05, 4.69) is 0 Å². The van der Waals surface area contributed by atoms with Crippen molar-refractivity contribution in [3.05, 3.63) is 0 Å². The van der Waals surface area contributed by atoms with E-state index in [-0.39, 0.29) is 64.4 Å². The van der Waals surface area contributed by atoms with Crippen molar-refractivity contribution in [1.82, 2.24) is 0 Å². The summed E-state index contributed by atoms with van der Waals surface area (Å²) in [5.74, 6) is -0.757. The Morgan fingerprint density at radius 1 is 1.20 bits per heavy atom. The number of unbranched alkanes of at least 4 members (excludes halogenated alkanes) is 2. The Morgan fingerprint density at radius 2 is 1.80 bits per heavy atom. The van der Waals surface area contributed by atoms with Crippen LogP contribution >= 0.6 is 0 Å². The minimum Gasteiger partial charge on any atom is -0.481 e. The van der Waals surface area contributed by atoms with Crippen molar-refractivity contribution >= 4 is 57.4 Å². The topological polar surface area (TPSA) is 57.5 Å². The summed E-state index contributed by atoms with van der Waals surface area (Å²) in [6.45, 7) is 0.166. The van der Waals surface area contributed by atoms with Gasteiger partial charge in [0.25, 0.3) is 0 Å². The molecule has 0 rings (SSSR count). The van der Waals surface area contributed by atoms with Gasteiger partial charge in [-0.3, -0.25) is 4.79 Å². The van der Waals surface area contributed by atoms with E-state index < -0.39 is 5.97 Å². The summed E-state index contributed by atoms with van der Waals surface area (Å²) >= 11 is 0. The molecule has 0 spiro atoms. The molecule has 0 heterocycles. The van der Waals surface area contributed by atoms with Crippen LogP contribution in [0.4, 0.5) is 0 Å². The van der Waals surface area contributed by atoms with E-state index >= 15 is 0 Å². The van der Waals surface area contributed by atoms with Gasteiger partial charge in [-0.05, 0) is 12.8 Å². The molecule has 55 valence electrons. The van der Waals surface area contributed by atoms with Crippen LogP contribution < -0.4 is 0 Å². The predicted molar refractivity (Wildman–Crippen MR) is 38.9 cm³/mol. The average Bonchev–Trinajstić information content (AvgIpc) is 1.80. The first kappa shape index (κ1) is 13.6. The van der Waals surface area contributed by atoms with Gasteiger partial charge in [-0.2, -0.15) is 0 Å². The van der Waals surface area contributed by atoms with Gasteiger partial charge in [0.15, 0.2) is 0 Å². The zero-order valence-electron chi connectivity index (χ0n) is 6.34. The van der Waals surface area contributed by atoms with Crippen molar-refractivity contribution in [2.75, 3.05) is 6.61 Å². The Bertz CT molecular complexity index is 85.1. The van der Waals surface area contributed by atoms with Crippen LogP contribution in [0.25, 0.3) is 0 Å². The number of carboxylic acids is 1. The second-order valence-electron chi connectivity index (χ2n) is 1.93. The molecular weight excluding hydrogens is 159 g/mol. The van der Waals surface area contributed by atoms with E-state index in [0.717, 1.165) is 6.42 Å². The minimum atomic E-state index is -0.757. The predicted octanol–water partition coefficient (Wildman–Crippen LogP) is 0.243. The van der Waals surface area contributed by atoms with Crippen LogP contribution in [0.1, 0.15) is 25.7 Å². The summed E-state index contributed by atoms with van der Waals surface area (Å²) in [7, 11) is 0. The summed E-state index contributed by atoms with van der Waals surface area (Å²) in [6.07, 6.45) is 2.42. The fourth-order valence-corrected chi connectivity index (χ4v) is 0.565. The molecule has 0 atom stereocenters. The van der Waals surface area contributed by atoms with E-state index in [1.807, 2.05) is 0 Å². The molecule has 0 aromatic heterocycles. The van der Waals surface area contributed by atoms with E-state index in [1.54, 1.807) is 0 Å². The Morgan fingerprint density at radius 3 is 2.20 bits per heavy atom. The molecule has 2 N–H and O–H groups in total. The Labute approximate surface area is 103 Å². The number of hydrogen-bond donors (Lipinski definition) is 2. The van der Waals surface area contributed by atoms with E-state index in [1.165, 1.54) is 0 Å². The molecule has 0 saturated carbocycles. The summed E-state index contributed by atoms with van der Waals surface area (Å²) in [6, 6.07) is 0. The monoisotopic (exact) mass is 171 g/mol. The number of carboxylic acid groups (broad SMARTS) is 1. The first-order valence-corrected chi connectivity index (χ1v) is 3.10. The maximum atomic E-state index is 9.90. The van der Waals surface area contributed by atoms with Crippen LogP contribution in [0.2, 0.25) is 0 Å². The van der Waals surface area contributed by atoms with Crippen molar-refractivity contribution in [1.29, 1.82) is 0 Å². The van der Waals surface area contributed by atoms with Gasteiger partial charge in [-0.25, -0.2) is 0 Å². The molecule has 0 aliphatic heterocycles. The smallest absolute Gasteiger partial charge is 0.303 e. The van der Waals surface area contributed by atoms with Gasteiger partial charge < -0.3 is 10.2 Å². The molecule has 0 saturated heterocycles. The number of aliphatic carboxylic acids is 1. The van der Waals surface area contributed by atoms with Crippen LogP contribution in [0, 0.1) is 0 Å². The minimum absolute atomic E-state index is 0. The van der Waals surface area contributed by atoms with Crippen LogP contribution in [0.15, 0.2) is 0 Å². The first-order chi connectivity index (χ1) is 4.27.